The van der Waals surface area contributed by atoms with Gasteiger partial charge in [0.15, 0.2) is 5.79 Å². The molecule has 118 valence electrons. The molecule has 0 aromatic heterocycles. The third-order valence-electron chi connectivity index (χ3n) is 3.29. The van der Waals surface area contributed by atoms with Gasteiger partial charge in [-0.3, -0.25) is 4.18 Å². The minimum Gasteiger partial charge on any atom is -0.348 e. The van der Waals surface area contributed by atoms with E-state index in [2.05, 4.69) is 0 Å². The van der Waals surface area contributed by atoms with Gasteiger partial charge in [-0.1, -0.05) is 17.7 Å². The Morgan fingerprint density at radius 1 is 1.29 bits per heavy atom. The van der Waals surface area contributed by atoms with Gasteiger partial charge in [0.1, 0.15) is 0 Å². The maximum absolute atomic E-state index is 12.0. The SMILES string of the molecule is Cc1ccc(S(=O)(=O)OCCC[C@@H]2COC(C)(C)O2)cc1. The molecular weight excluding hydrogens is 292 g/mol. The smallest absolute Gasteiger partial charge is 0.296 e. The summed E-state index contributed by atoms with van der Waals surface area (Å²) in [5, 5.41) is 0. The van der Waals surface area contributed by atoms with Crippen molar-refractivity contribution in [2.24, 2.45) is 0 Å². The van der Waals surface area contributed by atoms with Crippen molar-refractivity contribution in [2.75, 3.05) is 13.2 Å². The Morgan fingerprint density at radius 2 is 1.95 bits per heavy atom. The van der Waals surface area contributed by atoms with Crippen LogP contribution in [0.25, 0.3) is 0 Å². The third kappa shape index (κ3) is 4.78. The van der Waals surface area contributed by atoms with Crippen molar-refractivity contribution in [3.8, 4) is 0 Å². The second kappa shape index (κ2) is 6.44. The van der Waals surface area contributed by atoms with Crippen LogP contribution in [0.2, 0.25) is 0 Å². The first kappa shape index (κ1) is 16.4. The molecule has 0 saturated carbocycles. The van der Waals surface area contributed by atoms with Crippen LogP contribution < -0.4 is 0 Å². The van der Waals surface area contributed by atoms with E-state index < -0.39 is 15.9 Å². The third-order valence-corrected chi connectivity index (χ3v) is 4.61. The average molecular weight is 314 g/mol. The Hall–Kier alpha value is -0.950. The van der Waals surface area contributed by atoms with E-state index >= 15 is 0 Å². The highest BCUT2D eigenvalue weighted by Crippen LogP contribution is 2.25. The van der Waals surface area contributed by atoms with E-state index in [4.69, 9.17) is 13.7 Å². The fourth-order valence-corrected chi connectivity index (χ4v) is 3.10. The molecule has 1 aromatic rings. The molecule has 5 nitrogen and oxygen atoms in total. The first-order chi connectivity index (χ1) is 9.78. The molecule has 1 aliphatic rings. The minimum absolute atomic E-state index is 0.00526. The van der Waals surface area contributed by atoms with Crippen molar-refractivity contribution >= 4 is 10.1 Å². The van der Waals surface area contributed by atoms with Crippen molar-refractivity contribution in [2.45, 2.75) is 50.4 Å². The summed E-state index contributed by atoms with van der Waals surface area (Å²) in [5.74, 6) is -0.542. The lowest BCUT2D eigenvalue weighted by molar-refractivity contribution is -0.139. The van der Waals surface area contributed by atoms with E-state index in [0.717, 1.165) is 5.56 Å². The second-order valence-corrected chi connectivity index (χ2v) is 7.30. The molecule has 1 heterocycles. The lowest BCUT2D eigenvalue weighted by atomic mass is 10.2. The number of ether oxygens (including phenoxy) is 2. The fraction of sp³-hybridized carbons (Fsp3) is 0.600. The molecule has 0 aliphatic carbocycles. The van der Waals surface area contributed by atoms with Gasteiger partial charge in [-0.15, -0.1) is 0 Å². The van der Waals surface area contributed by atoms with Crippen molar-refractivity contribution in [3.63, 3.8) is 0 Å². The van der Waals surface area contributed by atoms with Crippen LogP contribution in [0.15, 0.2) is 29.2 Å². The molecule has 6 heteroatoms. The Balaban J connectivity index is 1.76. The quantitative estimate of drug-likeness (QED) is 0.596. The van der Waals surface area contributed by atoms with Gasteiger partial charge in [0.05, 0.1) is 24.2 Å². The summed E-state index contributed by atoms with van der Waals surface area (Å²) in [5.41, 5.74) is 1.01. The zero-order valence-electron chi connectivity index (χ0n) is 12.7. The van der Waals surface area contributed by atoms with E-state index in [1.54, 1.807) is 24.3 Å². The predicted octanol–water partition coefficient (Wildman–Crippen LogP) is 2.63. The summed E-state index contributed by atoms with van der Waals surface area (Å²) in [7, 11) is -3.67. The standard InChI is InChI=1S/C15H22O5S/c1-12-6-8-14(9-7-12)21(16,17)19-10-4-5-13-11-18-15(2,3)20-13/h6-9,13H,4-5,10-11H2,1-3H3/t13-/m1/s1. The molecule has 0 N–H and O–H groups in total. The van der Waals surface area contributed by atoms with E-state index in [1.807, 2.05) is 20.8 Å². The first-order valence-electron chi connectivity index (χ1n) is 7.06. The molecule has 21 heavy (non-hydrogen) atoms. The second-order valence-electron chi connectivity index (χ2n) is 5.68. The highest BCUT2D eigenvalue weighted by Gasteiger charge is 2.32. The molecule has 0 amide bonds. The van der Waals surface area contributed by atoms with Crippen molar-refractivity contribution in [1.29, 1.82) is 0 Å². The normalized spacial score (nSPS) is 21.6. The van der Waals surface area contributed by atoms with Crippen LogP contribution in [-0.4, -0.2) is 33.5 Å². The maximum atomic E-state index is 12.0. The molecule has 1 aliphatic heterocycles. The van der Waals surface area contributed by atoms with Crippen LogP contribution in [0.4, 0.5) is 0 Å². The van der Waals surface area contributed by atoms with Gasteiger partial charge in [0.2, 0.25) is 0 Å². The minimum atomic E-state index is -3.67. The zero-order valence-corrected chi connectivity index (χ0v) is 13.5. The lowest BCUT2D eigenvalue weighted by Gasteiger charge is -2.16. The van der Waals surface area contributed by atoms with Crippen LogP contribution >= 0.6 is 0 Å². The molecule has 1 saturated heterocycles. The Morgan fingerprint density at radius 3 is 2.52 bits per heavy atom. The molecule has 1 aromatic carbocycles. The van der Waals surface area contributed by atoms with Crippen molar-refractivity contribution in [1.82, 2.24) is 0 Å². The van der Waals surface area contributed by atoms with E-state index in [0.29, 0.717) is 19.4 Å². The molecule has 0 bridgehead atoms. The van der Waals surface area contributed by atoms with Crippen LogP contribution in [0.1, 0.15) is 32.3 Å². The van der Waals surface area contributed by atoms with Gasteiger partial charge in [-0.2, -0.15) is 8.42 Å². The maximum Gasteiger partial charge on any atom is 0.296 e. The highest BCUT2D eigenvalue weighted by atomic mass is 32.2. The molecule has 0 spiro atoms. The topological polar surface area (TPSA) is 61.8 Å². The van der Waals surface area contributed by atoms with E-state index in [9.17, 15) is 8.42 Å². The van der Waals surface area contributed by atoms with Gasteiger partial charge in [0, 0.05) is 0 Å². The zero-order chi connectivity index (χ0) is 15.5. The highest BCUT2D eigenvalue weighted by molar-refractivity contribution is 7.86. The molecule has 2 rings (SSSR count). The first-order valence-corrected chi connectivity index (χ1v) is 8.47. The Bertz CT molecular complexity index is 562. The molecule has 1 atom stereocenters. The summed E-state index contributed by atoms with van der Waals surface area (Å²) in [6.07, 6.45) is 1.33. The monoisotopic (exact) mass is 314 g/mol. The van der Waals surface area contributed by atoms with Crippen molar-refractivity contribution < 1.29 is 22.1 Å². The van der Waals surface area contributed by atoms with Gasteiger partial charge in [0.25, 0.3) is 10.1 Å². The fourth-order valence-electron chi connectivity index (χ4n) is 2.16. The predicted molar refractivity (Wildman–Crippen MR) is 78.5 cm³/mol. The summed E-state index contributed by atoms with van der Waals surface area (Å²) in [6, 6.07) is 6.62. The molecule has 1 fully saturated rings. The molecular formula is C15H22O5S. The van der Waals surface area contributed by atoms with Crippen molar-refractivity contribution in [3.05, 3.63) is 29.8 Å². The van der Waals surface area contributed by atoms with Gasteiger partial charge < -0.3 is 9.47 Å². The van der Waals surface area contributed by atoms with Crippen LogP contribution in [0.3, 0.4) is 0 Å². The summed E-state index contributed by atoms with van der Waals surface area (Å²) in [6.45, 7) is 6.33. The molecule has 0 radical (unpaired) electrons. The summed E-state index contributed by atoms with van der Waals surface area (Å²) >= 11 is 0. The van der Waals surface area contributed by atoms with E-state index in [1.165, 1.54) is 0 Å². The van der Waals surface area contributed by atoms with Crippen LogP contribution in [0.5, 0.6) is 0 Å². The average Bonchev–Trinajstić information content (AvgIpc) is 2.75. The van der Waals surface area contributed by atoms with Crippen LogP contribution in [0, 0.1) is 6.92 Å². The van der Waals surface area contributed by atoms with Gasteiger partial charge >= 0.3 is 0 Å². The number of hydrogen-bond acceptors (Lipinski definition) is 5. The van der Waals surface area contributed by atoms with Gasteiger partial charge in [-0.25, -0.2) is 0 Å². The Kier molecular flexibility index (Phi) is 5.03. The van der Waals surface area contributed by atoms with Crippen LogP contribution in [-0.2, 0) is 23.8 Å². The Labute approximate surface area is 126 Å². The van der Waals surface area contributed by atoms with E-state index in [-0.39, 0.29) is 17.6 Å². The molecule has 0 unspecified atom stereocenters. The number of benzene rings is 1. The number of hydrogen-bond donors (Lipinski definition) is 0. The summed E-state index contributed by atoms with van der Waals surface area (Å²) < 4.78 is 40.1. The number of rotatable bonds is 6. The van der Waals surface area contributed by atoms with Gasteiger partial charge in [-0.05, 0) is 45.7 Å². The number of aryl methyl sites for hydroxylation is 1. The summed E-state index contributed by atoms with van der Waals surface area (Å²) in [4.78, 5) is 0.190. The largest absolute Gasteiger partial charge is 0.348 e. The lowest BCUT2D eigenvalue weighted by Crippen LogP contribution is -2.21.